The first kappa shape index (κ1) is 20.1. The van der Waals surface area contributed by atoms with Crippen molar-refractivity contribution in [2.24, 2.45) is 0 Å². The van der Waals surface area contributed by atoms with Crippen molar-refractivity contribution in [1.82, 2.24) is 10.6 Å². The second-order valence-corrected chi connectivity index (χ2v) is 5.89. The molecule has 0 radical (unpaired) electrons. The number of amides is 3. The number of hydrogen-bond donors (Lipinski definition) is 3. The Kier molecular flexibility index (Phi) is 7.49. The first-order valence-electron chi connectivity index (χ1n) is 8.67. The van der Waals surface area contributed by atoms with Crippen molar-refractivity contribution >= 4 is 23.4 Å². The topological polar surface area (TPSA) is 87.3 Å². The highest BCUT2D eigenvalue weighted by Gasteiger charge is 2.07. The van der Waals surface area contributed by atoms with Gasteiger partial charge in [0.05, 0.1) is 6.42 Å². The molecule has 6 nitrogen and oxygen atoms in total. The zero-order valence-electron chi connectivity index (χ0n) is 15.0. The third-order valence-corrected chi connectivity index (χ3v) is 3.76. The molecule has 0 aliphatic heterocycles. The molecule has 0 fully saturated rings. The van der Waals surface area contributed by atoms with Gasteiger partial charge in [0.1, 0.15) is 5.82 Å². The number of halogens is 1. The highest BCUT2D eigenvalue weighted by atomic mass is 19.1. The van der Waals surface area contributed by atoms with Crippen LogP contribution in [0.3, 0.4) is 0 Å². The van der Waals surface area contributed by atoms with Crippen LogP contribution in [-0.2, 0) is 16.0 Å². The van der Waals surface area contributed by atoms with E-state index in [1.807, 2.05) is 0 Å². The average molecular weight is 371 g/mol. The molecule has 0 heterocycles. The molecule has 0 aliphatic rings. The molecule has 2 aromatic rings. The van der Waals surface area contributed by atoms with E-state index in [0.717, 1.165) is 0 Å². The second kappa shape index (κ2) is 10.1. The fraction of sp³-hybridized carbons (Fsp3) is 0.250. The van der Waals surface area contributed by atoms with Crippen LogP contribution in [0.15, 0.2) is 48.5 Å². The molecule has 0 spiro atoms. The van der Waals surface area contributed by atoms with E-state index in [9.17, 15) is 18.8 Å². The van der Waals surface area contributed by atoms with Gasteiger partial charge in [0.25, 0.3) is 5.91 Å². The largest absolute Gasteiger partial charge is 0.354 e. The minimum atomic E-state index is -0.347. The molecule has 27 heavy (non-hydrogen) atoms. The third kappa shape index (κ3) is 6.89. The summed E-state index contributed by atoms with van der Waals surface area (Å²) in [5.41, 5.74) is 1.72. The zero-order chi connectivity index (χ0) is 19.6. The van der Waals surface area contributed by atoms with Crippen LogP contribution < -0.4 is 16.0 Å². The molecule has 0 aliphatic carbocycles. The maximum absolute atomic E-state index is 12.9. The molecule has 2 aromatic carbocycles. The van der Waals surface area contributed by atoms with Gasteiger partial charge < -0.3 is 16.0 Å². The van der Waals surface area contributed by atoms with E-state index in [-0.39, 0.29) is 30.0 Å². The molecule has 0 unspecified atom stereocenters. The fourth-order valence-electron chi connectivity index (χ4n) is 2.30. The van der Waals surface area contributed by atoms with Gasteiger partial charge in [0, 0.05) is 30.8 Å². The number of carbonyl (C=O) groups excluding carboxylic acids is 3. The minimum Gasteiger partial charge on any atom is -0.354 e. The number of benzene rings is 2. The van der Waals surface area contributed by atoms with E-state index in [1.165, 1.54) is 12.1 Å². The van der Waals surface area contributed by atoms with Crippen LogP contribution >= 0.6 is 0 Å². The van der Waals surface area contributed by atoms with Gasteiger partial charge in [-0.15, -0.1) is 0 Å². The molecule has 0 saturated heterocycles. The zero-order valence-corrected chi connectivity index (χ0v) is 15.0. The molecule has 142 valence electrons. The normalized spacial score (nSPS) is 10.1. The van der Waals surface area contributed by atoms with Crippen molar-refractivity contribution in [3.05, 3.63) is 65.5 Å². The first-order valence-corrected chi connectivity index (χ1v) is 8.67. The lowest BCUT2D eigenvalue weighted by Crippen LogP contribution is -2.34. The SMILES string of the molecule is CCC(=O)NCCNC(=O)c1ccc(NC(=O)Cc2ccc(F)cc2)cc1. The molecule has 3 N–H and O–H groups in total. The standard InChI is InChI=1S/C20H22FN3O3/c1-2-18(25)22-11-12-23-20(27)15-5-9-17(10-6-15)24-19(26)13-14-3-7-16(21)8-4-14/h3-10H,2,11-13H2,1H3,(H,22,25)(H,23,27)(H,24,26). The first-order chi connectivity index (χ1) is 13.0. The quantitative estimate of drug-likeness (QED) is 0.622. The van der Waals surface area contributed by atoms with Crippen molar-refractivity contribution in [3.8, 4) is 0 Å². The highest BCUT2D eigenvalue weighted by molar-refractivity contribution is 5.96. The third-order valence-electron chi connectivity index (χ3n) is 3.76. The number of carbonyl (C=O) groups is 3. The lowest BCUT2D eigenvalue weighted by Gasteiger charge is -2.08. The maximum atomic E-state index is 12.9. The number of nitrogens with one attached hydrogen (secondary N) is 3. The van der Waals surface area contributed by atoms with E-state index in [1.54, 1.807) is 43.3 Å². The van der Waals surface area contributed by atoms with E-state index in [2.05, 4.69) is 16.0 Å². The monoisotopic (exact) mass is 371 g/mol. The molecule has 0 atom stereocenters. The summed E-state index contributed by atoms with van der Waals surface area (Å²) >= 11 is 0. The van der Waals surface area contributed by atoms with Gasteiger partial charge in [-0.2, -0.15) is 0 Å². The van der Waals surface area contributed by atoms with Gasteiger partial charge in [0.15, 0.2) is 0 Å². The second-order valence-electron chi connectivity index (χ2n) is 5.89. The van der Waals surface area contributed by atoms with Crippen LogP contribution in [0.5, 0.6) is 0 Å². The van der Waals surface area contributed by atoms with E-state index in [4.69, 9.17) is 0 Å². The van der Waals surface area contributed by atoms with Gasteiger partial charge >= 0.3 is 0 Å². The molecule has 0 saturated carbocycles. The predicted molar refractivity (Wildman–Crippen MR) is 101 cm³/mol. The summed E-state index contributed by atoms with van der Waals surface area (Å²) in [7, 11) is 0. The number of anilines is 1. The summed E-state index contributed by atoms with van der Waals surface area (Å²) < 4.78 is 12.9. The van der Waals surface area contributed by atoms with Crippen molar-refractivity contribution in [1.29, 1.82) is 0 Å². The molecule has 7 heteroatoms. The molecule has 3 amide bonds. The predicted octanol–water partition coefficient (Wildman–Crippen LogP) is 2.26. The van der Waals surface area contributed by atoms with Crippen LogP contribution in [-0.4, -0.2) is 30.8 Å². The number of rotatable bonds is 8. The van der Waals surface area contributed by atoms with Crippen molar-refractivity contribution in [2.75, 3.05) is 18.4 Å². The Morgan fingerprint density at radius 2 is 1.48 bits per heavy atom. The van der Waals surface area contributed by atoms with Crippen molar-refractivity contribution in [2.45, 2.75) is 19.8 Å². The van der Waals surface area contributed by atoms with E-state index < -0.39 is 0 Å². The van der Waals surface area contributed by atoms with Gasteiger partial charge in [-0.1, -0.05) is 19.1 Å². The lowest BCUT2D eigenvalue weighted by atomic mass is 10.1. The highest BCUT2D eigenvalue weighted by Crippen LogP contribution is 2.11. The fourth-order valence-corrected chi connectivity index (χ4v) is 2.30. The van der Waals surface area contributed by atoms with Gasteiger partial charge in [-0.25, -0.2) is 4.39 Å². The van der Waals surface area contributed by atoms with Gasteiger partial charge in [-0.3, -0.25) is 14.4 Å². The molecular formula is C20H22FN3O3. The van der Waals surface area contributed by atoms with Crippen LogP contribution in [0.25, 0.3) is 0 Å². The van der Waals surface area contributed by atoms with Crippen LogP contribution in [0, 0.1) is 5.82 Å². The van der Waals surface area contributed by atoms with E-state index in [0.29, 0.717) is 36.3 Å². The molecule has 2 rings (SSSR count). The summed E-state index contributed by atoms with van der Waals surface area (Å²) in [6.07, 6.45) is 0.536. The Bertz CT molecular complexity index is 789. The Balaban J connectivity index is 1.79. The minimum absolute atomic E-state index is 0.0648. The van der Waals surface area contributed by atoms with Crippen LogP contribution in [0.2, 0.25) is 0 Å². The molecule has 0 aromatic heterocycles. The van der Waals surface area contributed by atoms with Crippen molar-refractivity contribution < 1.29 is 18.8 Å². The molecular weight excluding hydrogens is 349 g/mol. The smallest absolute Gasteiger partial charge is 0.251 e. The number of hydrogen-bond acceptors (Lipinski definition) is 3. The summed E-state index contributed by atoms with van der Waals surface area (Å²) in [5, 5.41) is 8.11. The lowest BCUT2D eigenvalue weighted by molar-refractivity contribution is -0.120. The van der Waals surface area contributed by atoms with Gasteiger partial charge in [-0.05, 0) is 42.0 Å². The summed E-state index contributed by atoms with van der Waals surface area (Å²) in [6.45, 7) is 2.46. The van der Waals surface area contributed by atoms with E-state index >= 15 is 0 Å². The summed E-state index contributed by atoms with van der Waals surface area (Å²) in [5.74, 6) is -0.902. The van der Waals surface area contributed by atoms with Crippen molar-refractivity contribution in [3.63, 3.8) is 0 Å². The Morgan fingerprint density at radius 3 is 2.11 bits per heavy atom. The van der Waals surface area contributed by atoms with Gasteiger partial charge in [0.2, 0.25) is 11.8 Å². The molecule has 0 bridgehead atoms. The Hall–Kier alpha value is -3.22. The van der Waals surface area contributed by atoms with Crippen LogP contribution in [0.1, 0.15) is 29.3 Å². The van der Waals surface area contributed by atoms with Crippen LogP contribution in [0.4, 0.5) is 10.1 Å². The maximum Gasteiger partial charge on any atom is 0.251 e. The average Bonchev–Trinajstić information content (AvgIpc) is 2.67. The summed E-state index contributed by atoms with van der Waals surface area (Å²) in [6, 6.07) is 12.2. The summed E-state index contributed by atoms with van der Waals surface area (Å²) in [4.78, 5) is 35.1. The Morgan fingerprint density at radius 1 is 0.852 bits per heavy atom. The Labute approximate surface area is 157 Å².